The minimum atomic E-state index is -1.20. The van der Waals surface area contributed by atoms with Crippen molar-refractivity contribution < 1.29 is 121 Å². The fourth-order valence-electron chi connectivity index (χ4n) is 13.5. The Balaban J connectivity index is -0.000000820. The molecule has 0 radical (unpaired) electrons. The van der Waals surface area contributed by atoms with Crippen LogP contribution in [0.2, 0.25) is 0 Å². The number of methoxy groups -OCH3 is 1. The molecule has 0 heterocycles. The average Bonchev–Trinajstić information content (AvgIpc) is 1.78. The predicted octanol–water partition coefficient (Wildman–Crippen LogP) is -6.90. The minimum absolute atomic E-state index is 0.0214. The Morgan fingerprint density at radius 1 is 0.302 bits per heavy atom. The molecule has 0 aliphatic heterocycles. The van der Waals surface area contributed by atoms with E-state index in [2.05, 4.69) is 79.8 Å². The molecule has 49 heteroatoms. The number of carbonyl (C=O) groups excluding carboxylic acids is 20. The van der Waals surface area contributed by atoms with Crippen LogP contribution in [0, 0.1) is 35.5 Å². The zero-order valence-electron chi connectivity index (χ0n) is 84.7. The van der Waals surface area contributed by atoms with Gasteiger partial charge in [-0.15, -0.1) is 0 Å². The molecule has 0 aromatic rings. The standard InChI is InChI=1S/C19H37N5O5.C19H36N4O5.C18H35N5O5.C17H31N5O5.C17H33N5O5/c1-11(2)10-15(17(27)21-5)24-18(28)14(8-6-7-9-20)23-19(29)16(12(3)25)22-13(4)26;1-12(2)9-14(18(21)26)10-17(25)15(7-5-6-8-20)23-19(27)16(11-28-4)22-13(3)24;1-10(2)9-14(16(20)26)23-17(27)13(7-5-6-8-19)22-18(28)15(11(3)24)21-12(4)25;1-10(24)20-14(9-23)17(27)21-12(4-2-3-7-18)16(26)22-13(15(19)25)8-11-5-6-11;1-10(2)8-13(15(19)25)22-16(26)12(6-4-5-7-18)21-17(27)14(9-23)20-11(3)24/h11-12,14-16,25H,6-10,20H2,1-5H3,(H,21,27)(H,22,26)(H,23,29)(H,24,28);12,14-16H,5-11,20H2,1-4H3,(H2,21,26)(H,22,24)(H,23,27);10-11,13-15,24H,5-9,19H2,1-4H3,(H2,20,26)(H,21,25)(H,22,28)(H,23,27);11-14,23H,2-9,18H2,1H3,(H2,19,25)(H,20,24)(H,21,27)(H,22,26);10,12-14,23H,4-9,18H2,1-3H3,(H2,19,25)(H,20,24)(H,21,27)(H,22,26)/t12?,14-,15+,16+;14-,15+,16+;11?,13-,14-,15-;2*12-,13-,14-/m11000/s1. The minimum Gasteiger partial charge on any atom is -0.394 e. The van der Waals surface area contributed by atoms with Gasteiger partial charge in [0.2, 0.25) is 112 Å². The van der Waals surface area contributed by atoms with Gasteiger partial charge in [0.25, 0.3) is 0 Å². The van der Waals surface area contributed by atoms with Gasteiger partial charge in [0.15, 0.2) is 5.78 Å². The van der Waals surface area contributed by atoms with Gasteiger partial charge in [-0.25, -0.2) is 0 Å². The first-order valence-electron chi connectivity index (χ1n) is 47.6. The van der Waals surface area contributed by atoms with E-state index in [1.807, 2.05) is 55.4 Å². The van der Waals surface area contributed by atoms with Crippen LogP contribution in [0.3, 0.4) is 0 Å². The lowest BCUT2D eigenvalue weighted by molar-refractivity contribution is -0.135. The molecule has 0 saturated heterocycles. The molecule has 17 atom stereocenters. The number of aliphatic hydroxyl groups excluding tert-OH is 4. The highest BCUT2D eigenvalue weighted by molar-refractivity contribution is 5.99. The first kappa shape index (κ1) is 134. The molecule has 19 amide bonds. The summed E-state index contributed by atoms with van der Waals surface area (Å²) in [7, 11) is 2.90. The summed E-state index contributed by atoms with van der Waals surface area (Å²) in [6.45, 7) is 25.2. The van der Waals surface area contributed by atoms with E-state index >= 15 is 0 Å². The van der Waals surface area contributed by atoms with Gasteiger partial charge in [-0.3, -0.25) is 95.9 Å². The van der Waals surface area contributed by atoms with Crippen molar-refractivity contribution in [1.82, 2.24) is 79.8 Å². The van der Waals surface area contributed by atoms with Crippen LogP contribution in [-0.2, 0) is 101 Å². The number of ether oxygens (including phenoxy) is 1. The summed E-state index contributed by atoms with van der Waals surface area (Å²) in [6, 6.07) is -13.4. The second kappa shape index (κ2) is 77.0. The van der Waals surface area contributed by atoms with E-state index < -0.39 is 216 Å². The summed E-state index contributed by atoms with van der Waals surface area (Å²) in [5, 5.41) is 75.8. The maximum atomic E-state index is 12.8. The smallest absolute Gasteiger partial charge is 0.245 e. The largest absolute Gasteiger partial charge is 0.394 e. The van der Waals surface area contributed by atoms with Crippen LogP contribution >= 0.6 is 0 Å². The van der Waals surface area contributed by atoms with E-state index in [0.29, 0.717) is 161 Å². The van der Waals surface area contributed by atoms with Crippen molar-refractivity contribution >= 4 is 118 Å². The second-order valence-electron chi connectivity index (χ2n) is 36.2. The molecule has 1 aliphatic rings. The highest BCUT2D eigenvalue weighted by Gasteiger charge is 2.38. The summed E-state index contributed by atoms with van der Waals surface area (Å²) < 4.78 is 4.97. The van der Waals surface area contributed by atoms with Crippen LogP contribution in [0.5, 0.6) is 0 Å². The number of hydrogen-bond donors (Lipinski definition) is 28. The molecule has 49 nitrogen and oxygen atoms in total. The van der Waals surface area contributed by atoms with Gasteiger partial charge in [0.1, 0.15) is 78.5 Å². The number of amides is 19. The van der Waals surface area contributed by atoms with Crippen LogP contribution in [-0.4, -0.2) is 302 Å². The van der Waals surface area contributed by atoms with Crippen LogP contribution in [0.1, 0.15) is 252 Å². The Morgan fingerprint density at radius 2 is 0.554 bits per heavy atom. The Bertz CT molecular complexity index is 3660. The van der Waals surface area contributed by atoms with Gasteiger partial charge in [-0.1, -0.05) is 68.2 Å². The summed E-state index contributed by atoms with van der Waals surface area (Å²) in [6.07, 6.45) is 9.73. The molecule has 1 rings (SSSR count). The molecular formula is C90H172N24O25. The lowest BCUT2D eigenvalue weighted by Crippen LogP contribution is -2.58. The van der Waals surface area contributed by atoms with E-state index in [0.717, 1.165) is 12.8 Å². The molecule has 802 valence electrons. The maximum Gasteiger partial charge on any atom is 0.245 e. The average molecular weight is 1990 g/mol. The van der Waals surface area contributed by atoms with Gasteiger partial charge < -0.3 is 157 Å². The quantitative estimate of drug-likeness (QED) is 0.0252. The molecule has 139 heavy (non-hydrogen) atoms. The van der Waals surface area contributed by atoms with E-state index in [1.165, 1.54) is 62.6 Å². The summed E-state index contributed by atoms with van der Waals surface area (Å²) in [4.78, 5) is 240. The maximum absolute atomic E-state index is 12.8. The second-order valence-corrected chi connectivity index (χ2v) is 36.2. The van der Waals surface area contributed by atoms with E-state index in [-0.39, 0.29) is 60.7 Å². The summed E-state index contributed by atoms with van der Waals surface area (Å²) >= 11 is 0. The normalized spacial score (nSPS) is 15.1. The topological polar surface area (TPSA) is 846 Å². The molecule has 1 aliphatic carbocycles. The summed E-state index contributed by atoms with van der Waals surface area (Å²) in [5.41, 5.74) is 48.9. The molecule has 0 spiro atoms. The van der Waals surface area contributed by atoms with E-state index in [9.17, 15) is 116 Å². The van der Waals surface area contributed by atoms with Crippen molar-refractivity contribution in [2.45, 2.75) is 348 Å². The third-order valence-electron chi connectivity index (χ3n) is 20.9. The Labute approximate surface area is 817 Å². The van der Waals surface area contributed by atoms with Crippen LogP contribution in [0.25, 0.3) is 0 Å². The number of primary amides is 4. The number of likely N-dealkylation sites (N-methyl/N-ethyl adjacent to an activating group) is 1. The number of hydrogen-bond acceptors (Lipinski definition) is 30. The lowest BCUT2D eigenvalue weighted by Gasteiger charge is -2.26. The number of carbonyl (C=O) groups is 20. The van der Waals surface area contributed by atoms with Gasteiger partial charge >= 0.3 is 0 Å². The zero-order chi connectivity index (χ0) is 107. The number of nitrogens with two attached hydrogens (primary N) is 9. The molecule has 0 aromatic heterocycles. The molecule has 1 saturated carbocycles. The van der Waals surface area contributed by atoms with E-state index in [1.54, 1.807) is 0 Å². The molecule has 2 unspecified atom stereocenters. The first-order chi connectivity index (χ1) is 65.0. The van der Waals surface area contributed by atoms with Gasteiger partial charge in [-0.05, 0) is 205 Å². The number of rotatable bonds is 67. The highest BCUT2D eigenvalue weighted by Crippen LogP contribution is 2.33. The SMILES string of the molecule is CC(=O)N[C@@H](CO)C(=O)N[C@@H](CCCCN)C(=O)N[C@@H](CC(C)C)C(N)=O.CC(=O)N[C@@H](CO)C(=O)N[C@@H](CCCCN)C(=O)N[C@@H](CC1CC1)C(N)=O.CC(=O)N[C@H](C(=O)N[C@@H](CCCCN)C(=O)N[C@@H](CC(C)C)C(N)=O)C(C)O.CNC(=O)[C@H](CC(C)C)NC(=O)[C@@H](CCCCN)NC(=O)[C@@H](NC(C)=O)C(C)O.COC[C@H](NC(C)=O)C(=O)N[C@@H](CCCCN)C(=O)C[C@@H](CC(C)C)C(N)=O. The number of nitrogens with one attached hydrogen (secondary N) is 15. The van der Waals surface area contributed by atoms with Gasteiger partial charge in [0, 0.05) is 61.1 Å². The Kier molecular flexibility index (Phi) is 74.5. The third kappa shape index (κ3) is 65.7. The monoisotopic (exact) mass is 1990 g/mol. The van der Waals surface area contributed by atoms with Crippen molar-refractivity contribution in [1.29, 1.82) is 0 Å². The fourth-order valence-corrected chi connectivity index (χ4v) is 13.5. The Morgan fingerprint density at radius 3 is 0.806 bits per heavy atom. The number of aliphatic hydroxyl groups is 4. The Hall–Kier alpha value is -10.8. The van der Waals surface area contributed by atoms with Crippen LogP contribution in [0.15, 0.2) is 0 Å². The molecular weight excluding hydrogens is 1820 g/mol. The highest BCUT2D eigenvalue weighted by atomic mass is 16.5. The third-order valence-corrected chi connectivity index (χ3v) is 20.9. The van der Waals surface area contributed by atoms with Crippen molar-refractivity contribution in [3.05, 3.63) is 0 Å². The van der Waals surface area contributed by atoms with Crippen molar-refractivity contribution in [3.63, 3.8) is 0 Å². The van der Waals surface area contributed by atoms with Crippen LogP contribution in [0.4, 0.5) is 0 Å². The fraction of sp³-hybridized carbons (Fsp3) is 0.778. The molecule has 0 bridgehead atoms. The zero-order valence-corrected chi connectivity index (χ0v) is 84.7. The van der Waals surface area contributed by atoms with Crippen LogP contribution < -0.4 is 131 Å². The van der Waals surface area contributed by atoms with Crippen molar-refractivity contribution in [2.24, 2.45) is 87.1 Å². The summed E-state index contributed by atoms with van der Waals surface area (Å²) in [5.74, 6) is -10.3. The number of ketones is 1. The van der Waals surface area contributed by atoms with Crippen molar-refractivity contribution in [2.75, 3.05) is 66.7 Å². The molecule has 37 N–H and O–H groups in total. The number of unbranched alkanes of at least 4 members (excludes halogenated alkanes) is 5. The van der Waals surface area contributed by atoms with Gasteiger partial charge in [-0.2, -0.15) is 0 Å². The first-order valence-corrected chi connectivity index (χ1v) is 47.6. The number of Topliss-reactive ketones (excluding diaryl/α,β-unsaturated/α-hetero) is 1. The van der Waals surface area contributed by atoms with Crippen molar-refractivity contribution in [3.8, 4) is 0 Å². The predicted molar refractivity (Wildman–Crippen MR) is 518 cm³/mol. The van der Waals surface area contributed by atoms with E-state index in [4.69, 9.17) is 56.3 Å². The molecule has 0 aromatic carbocycles. The van der Waals surface area contributed by atoms with Gasteiger partial charge in [0.05, 0.1) is 38.1 Å². The lowest BCUT2D eigenvalue weighted by atomic mass is 9.89. The molecule has 1 fully saturated rings.